The number of benzene rings is 3. The number of azide groups is 1. The van der Waals surface area contributed by atoms with Crippen LogP contribution in [0.2, 0.25) is 0 Å². The molecule has 34 heavy (non-hydrogen) atoms. The molecule has 5 atom stereocenters. The zero-order valence-corrected chi connectivity index (χ0v) is 19.4. The Morgan fingerprint density at radius 3 is 1.88 bits per heavy atom. The third-order valence-corrected chi connectivity index (χ3v) is 6.71. The second kappa shape index (κ2) is 12.6. The van der Waals surface area contributed by atoms with Gasteiger partial charge in [0.15, 0.2) is 0 Å². The van der Waals surface area contributed by atoms with E-state index < -0.39 is 29.8 Å². The molecule has 0 saturated carbocycles. The lowest BCUT2D eigenvalue weighted by molar-refractivity contribution is -0.206. The Balaban J connectivity index is 1.60. The largest absolute Gasteiger partial charge is 0.394 e. The molecule has 3 aromatic rings. The monoisotopic (exact) mass is 477 g/mol. The molecule has 0 aromatic heterocycles. The van der Waals surface area contributed by atoms with Crippen molar-refractivity contribution < 1.29 is 19.3 Å². The first kappa shape index (κ1) is 24.3. The van der Waals surface area contributed by atoms with Crippen LogP contribution in [0.4, 0.5) is 0 Å². The third kappa shape index (κ3) is 6.39. The zero-order valence-electron chi connectivity index (χ0n) is 18.6. The van der Waals surface area contributed by atoms with Gasteiger partial charge in [-0.2, -0.15) is 0 Å². The predicted molar refractivity (Wildman–Crippen MR) is 131 cm³/mol. The van der Waals surface area contributed by atoms with Crippen molar-refractivity contribution in [3.63, 3.8) is 0 Å². The lowest BCUT2D eigenvalue weighted by Gasteiger charge is -2.44. The van der Waals surface area contributed by atoms with E-state index in [4.69, 9.17) is 14.2 Å². The molecule has 1 N–H and O–H groups in total. The number of hydrogen-bond donors (Lipinski definition) is 1. The van der Waals surface area contributed by atoms with E-state index in [0.29, 0.717) is 13.2 Å². The summed E-state index contributed by atoms with van der Waals surface area (Å²) in [7, 11) is 0. The summed E-state index contributed by atoms with van der Waals surface area (Å²) in [4.78, 5) is 4.06. The molecule has 1 fully saturated rings. The van der Waals surface area contributed by atoms with Crippen LogP contribution in [0.15, 0.2) is 101 Å². The summed E-state index contributed by atoms with van der Waals surface area (Å²) in [6.45, 7) is 0.380. The minimum atomic E-state index is -0.664. The summed E-state index contributed by atoms with van der Waals surface area (Å²) >= 11 is 1.44. The van der Waals surface area contributed by atoms with E-state index in [1.807, 2.05) is 91.0 Å². The van der Waals surface area contributed by atoms with Crippen molar-refractivity contribution in [2.24, 2.45) is 5.11 Å². The molecule has 1 aliphatic rings. The maximum absolute atomic E-state index is 10.2. The van der Waals surface area contributed by atoms with Crippen molar-refractivity contribution in [2.75, 3.05) is 6.61 Å². The van der Waals surface area contributed by atoms with E-state index in [1.165, 1.54) is 11.8 Å². The van der Waals surface area contributed by atoms with Gasteiger partial charge in [-0.15, -0.1) is 0 Å². The maximum Gasteiger partial charge on any atom is 0.119 e. The Bertz CT molecular complexity index is 1050. The van der Waals surface area contributed by atoms with E-state index in [-0.39, 0.29) is 6.61 Å². The van der Waals surface area contributed by atoms with Crippen LogP contribution < -0.4 is 0 Å². The van der Waals surface area contributed by atoms with Gasteiger partial charge in [-0.25, -0.2) is 0 Å². The van der Waals surface area contributed by atoms with Gasteiger partial charge in [-0.05, 0) is 28.8 Å². The molecule has 0 unspecified atom stereocenters. The van der Waals surface area contributed by atoms with E-state index in [2.05, 4.69) is 10.0 Å². The Morgan fingerprint density at radius 2 is 1.35 bits per heavy atom. The van der Waals surface area contributed by atoms with Crippen molar-refractivity contribution in [1.82, 2.24) is 0 Å². The number of nitrogens with zero attached hydrogens (tertiary/aromatic N) is 3. The fourth-order valence-electron chi connectivity index (χ4n) is 3.88. The van der Waals surface area contributed by atoms with Crippen LogP contribution in [0.1, 0.15) is 11.1 Å². The highest BCUT2D eigenvalue weighted by atomic mass is 32.2. The van der Waals surface area contributed by atoms with E-state index >= 15 is 0 Å². The van der Waals surface area contributed by atoms with Crippen molar-refractivity contribution in [2.45, 2.75) is 47.9 Å². The smallest absolute Gasteiger partial charge is 0.119 e. The summed E-state index contributed by atoms with van der Waals surface area (Å²) in [6, 6.07) is 28.6. The molecular weight excluding hydrogens is 450 g/mol. The van der Waals surface area contributed by atoms with Gasteiger partial charge in [0, 0.05) is 9.81 Å². The molecule has 0 radical (unpaired) electrons. The number of aliphatic hydroxyl groups excluding tert-OH is 1. The van der Waals surface area contributed by atoms with Crippen LogP contribution >= 0.6 is 11.8 Å². The molecule has 4 rings (SSSR count). The van der Waals surface area contributed by atoms with Gasteiger partial charge >= 0.3 is 0 Å². The van der Waals surface area contributed by atoms with E-state index in [0.717, 1.165) is 16.0 Å². The van der Waals surface area contributed by atoms with Gasteiger partial charge < -0.3 is 19.3 Å². The predicted octanol–water partition coefficient (Wildman–Crippen LogP) is 5.35. The average molecular weight is 478 g/mol. The highest BCUT2D eigenvalue weighted by molar-refractivity contribution is 7.99. The number of rotatable bonds is 10. The minimum Gasteiger partial charge on any atom is -0.394 e. The van der Waals surface area contributed by atoms with Crippen LogP contribution in [-0.4, -0.2) is 41.5 Å². The van der Waals surface area contributed by atoms with E-state index in [1.54, 1.807) is 0 Å². The van der Waals surface area contributed by atoms with Crippen molar-refractivity contribution in [3.8, 4) is 0 Å². The standard InChI is InChI=1S/C26H27N3O4S/c27-29-28-23-25(32-18-20-12-6-2-7-13-20)24(31-17-19-10-4-1-5-11-19)22(16-30)33-26(23)34-21-14-8-3-9-15-21/h1-15,22-26,30H,16-18H2/t22-,23-,24-,25-,26+/m1/s1. The van der Waals surface area contributed by atoms with Crippen LogP contribution in [0.25, 0.3) is 10.4 Å². The average Bonchev–Trinajstić information content (AvgIpc) is 2.89. The molecule has 1 heterocycles. The van der Waals surface area contributed by atoms with Crippen molar-refractivity contribution >= 4 is 11.8 Å². The highest BCUT2D eigenvalue weighted by Crippen LogP contribution is 2.37. The molecule has 3 aromatic carbocycles. The van der Waals surface area contributed by atoms with Gasteiger partial charge in [0.2, 0.25) is 0 Å². The van der Waals surface area contributed by atoms with Gasteiger partial charge in [0.25, 0.3) is 0 Å². The molecule has 7 nitrogen and oxygen atoms in total. The quantitative estimate of drug-likeness (QED) is 0.241. The zero-order chi connectivity index (χ0) is 23.6. The lowest BCUT2D eigenvalue weighted by atomic mass is 9.98. The minimum absolute atomic E-state index is 0.251. The second-order valence-electron chi connectivity index (χ2n) is 7.87. The first-order chi connectivity index (χ1) is 16.8. The summed E-state index contributed by atoms with van der Waals surface area (Å²) < 4.78 is 18.8. The number of ether oxygens (including phenoxy) is 3. The first-order valence-electron chi connectivity index (χ1n) is 11.1. The highest BCUT2D eigenvalue weighted by Gasteiger charge is 2.47. The Kier molecular flexibility index (Phi) is 8.98. The number of aliphatic hydroxyl groups is 1. The van der Waals surface area contributed by atoms with E-state index in [9.17, 15) is 10.6 Å². The fourth-order valence-corrected chi connectivity index (χ4v) is 5.01. The summed E-state index contributed by atoms with van der Waals surface area (Å²) in [5.41, 5.74) is 10.8. The van der Waals surface area contributed by atoms with Crippen LogP contribution in [0.3, 0.4) is 0 Å². The summed E-state index contributed by atoms with van der Waals surface area (Å²) in [6.07, 6.45) is -1.89. The molecule has 0 amide bonds. The van der Waals surface area contributed by atoms with Gasteiger partial charge in [0.1, 0.15) is 23.7 Å². The molecule has 0 spiro atoms. The first-order valence-corrected chi connectivity index (χ1v) is 12.0. The van der Waals surface area contributed by atoms with Gasteiger partial charge in [0.05, 0.1) is 25.9 Å². The SMILES string of the molecule is [N-]=[N+]=N[C@@H]1[C@@H](OCc2ccccc2)[C@H](OCc2ccccc2)[C@@H](CO)O[C@H]1Sc1ccccc1. The second-order valence-corrected chi connectivity index (χ2v) is 9.05. The molecule has 176 valence electrons. The van der Waals surface area contributed by atoms with Crippen molar-refractivity contribution in [3.05, 3.63) is 113 Å². The molecule has 1 saturated heterocycles. The van der Waals surface area contributed by atoms with Crippen molar-refractivity contribution in [1.29, 1.82) is 0 Å². The molecule has 0 bridgehead atoms. The Morgan fingerprint density at radius 1 is 0.824 bits per heavy atom. The summed E-state index contributed by atoms with van der Waals surface area (Å²) in [5, 5.41) is 14.3. The summed E-state index contributed by atoms with van der Waals surface area (Å²) in [5.74, 6) is 0. The van der Waals surface area contributed by atoms with Crippen LogP contribution in [0, 0.1) is 0 Å². The Labute approximate surface area is 203 Å². The topological polar surface area (TPSA) is 96.7 Å². The number of hydrogen-bond acceptors (Lipinski definition) is 6. The van der Waals surface area contributed by atoms with Crippen LogP contribution in [0.5, 0.6) is 0 Å². The fraction of sp³-hybridized carbons (Fsp3) is 0.308. The molecule has 8 heteroatoms. The lowest BCUT2D eigenvalue weighted by Crippen LogP contribution is -2.58. The third-order valence-electron chi connectivity index (χ3n) is 5.55. The van der Waals surface area contributed by atoms with Gasteiger partial charge in [-0.3, -0.25) is 0 Å². The molecular formula is C26H27N3O4S. The van der Waals surface area contributed by atoms with Crippen LogP contribution in [-0.2, 0) is 27.4 Å². The molecule has 1 aliphatic heterocycles. The molecule has 0 aliphatic carbocycles. The normalized spacial score (nSPS) is 24.3. The Hall–Kier alpha value is -2.84. The number of thioether (sulfide) groups is 1. The van der Waals surface area contributed by atoms with Gasteiger partial charge in [-0.1, -0.05) is 95.7 Å². The maximum atomic E-state index is 10.2.